The van der Waals surface area contributed by atoms with Gasteiger partial charge in [-0.05, 0) is 52.0 Å². The first-order valence-corrected chi connectivity index (χ1v) is 8.71. The fraction of sp³-hybridized carbons (Fsp3) is 0.316. The zero-order valence-electron chi connectivity index (χ0n) is 13.0. The van der Waals surface area contributed by atoms with E-state index < -0.39 is 0 Å². The second kappa shape index (κ2) is 7.75. The van der Waals surface area contributed by atoms with Gasteiger partial charge in [0.05, 0.1) is 12.3 Å². The van der Waals surface area contributed by atoms with Crippen LogP contribution < -0.4 is 4.90 Å². The van der Waals surface area contributed by atoms with Crippen molar-refractivity contribution >= 4 is 27.9 Å². The molecule has 4 heteroatoms. The Morgan fingerprint density at radius 3 is 2.83 bits per heavy atom. The third kappa shape index (κ3) is 4.01. The summed E-state index contributed by atoms with van der Waals surface area (Å²) in [7, 11) is 0. The summed E-state index contributed by atoms with van der Waals surface area (Å²) in [4.78, 5) is 13.3. The summed E-state index contributed by atoms with van der Waals surface area (Å²) >= 11 is 3.60. The first-order chi connectivity index (χ1) is 11.3. The maximum Gasteiger partial charge on any atom is 0.150 e. The maximum atomic E-state index is 11.0. The third-order valence-corrected chi connectivity index (χ3v) is 4.70. The SMILES string of the molecule is O=Cc1cc(Br)c2c(c1)CCN2CCCOCc1ccccc1. The van der Waals surface area contributed by atoms with Crippen LogP contribution in [0.4, 0.5) is 5.69 Å². The molecule has 1 heterocycles. The Hall–Kier alpha value is -1.65. The topological polar surface area (TPSA) is 29.5 Å². The number of halogens is 1. The average molecular weight is 374 g/mol. The number of ether oxygens (including phenoxy) is 1. The number of hydrogen-bond donors (Lipinski definition) is 0. The van der Waals surface area contributed by atoms with Gasteiger partial charge in [0, 0.05) is 29.7 Å². The molecule has 0 radical (unpaired) electrons. The predicted molar refractivity (Wildman–Crippen MR) is 96.2 cm³/mol. The van der Waals surface area contributed by atoms with Gasteiger partial charge < -0.3 is 9.64 Å². The van der Waals surface area contributed by atoms with Gasteiger partial charge in [-0.15, -0.1) is 0 Å². The highest BCUT2D eigenvalue weighted by atomic mass is 79.9. The molecule has 3 nitrogen and oxygen atoms in total. The van der Waals surface area contributed by atoms with Gasteiger partial charge in [-0.2, -0.15) is 0 Å². The van der Waals surface area contributed by atoms with Gasteiger partial charge >= 0.3 is 0 Å². The molecule has 120 valence electrons. The predicted octanol–water partition coefficient (Wildman–Crippen LogP) is 4.23. The Morgan fingerprint density at radius 2 is 2.04 bits per heavy atom. The van der Waals surface area contributed by atoms with E-state index in [0.29, 0.717) is 6.61 Å². The molecule has 2 aromatic carbocycles. The Kier molecular flexibility index (Phi) is 5.47. The lowest BCUT2D eigenvalue weighted by molar-refractivity contribution is 0.112. The fourth-order valence-electron chi connectivity index (χ4n) is 3.00. The number of aldehydes is 1. The van der Waals surface area contributed by atoms with Crippen molar-refractivity contribution in [2.24, 2.45) is 0 Å². The number of carbonyl (C=O) groups excluding carboxylic acids is 1. The highest BCUT2D eigenvalue weighted by Gasteiger charge is 2.22. The van der Waals surface area contributed by atoms with Crippen molar-refractivity contribution in [1.29, 1.82) is 0 Å². The molecule has 0 spiro atoms. The molecule has 0 atom stereocenters. The Labute approximate surface area is 145 Å². The van der Waals surface area contributed by atoms with Gasteiger partial charge in [-0.3, -0.25) is 4.79 Å². The van der Waals surface area contributed by atoms with Crippen molar-refractivity contribution in [2.45, 2.75) is 19.4 Å². The number of anilines is 1. The summed E-state index contributed by atoms with van der Waals surface area (Å²) in [6.07, 6.45) is 2.90. The molecule has 0 unspecified atom stereocenters. The maximum absolute atomic E-state index is 11.0. The first kappa shape index (κ1) is 16.2. The summed E-state index contributed by atoms with van der Waals surface area (Å²) < 4.78 is 6.76. The van der Waals surface area contributed by atoms with Crippen LogP contribution in [0.5, 0.6) is 0 Å². The van der Waals surface area contributed by atoms with Crippen LogP contribution in [0.1, 0.15) is 27.9 Å². The van der Waals surface area contributed by atoms with Gasteiger partial charge in [-0.1, -0.05) is 30.3 Å². The lowest BCUT2D eigenvalue weighted by Gasteiger charge is -2.20. The van der Waals surface area contributed by atoms with Crippen LogP contribution in [-0.2, 0) is 17.8 Å². The summed E-state index contributed by atoms with van der Waals surface area (Å²) in [6.45, 7) is 3.41. The van der Waals surface area contributed by atoms with E-state index in [0.717, 1.165) is 48.9 Å². The smallest absolute Gasteiger partial charge is 0.150 e. The lowest BCUT2D eigenvalue weighted by atomic mass is 10.1. The molecular weight excluding hydrogens is 354 g/mol. The Balaban J connectivity index is 1.49. The molecule has 0 saturated heterocycles. The van der Waals surface area contributed by atoms with E-state index >= 15 is 0 Å². The standard InChI is InChI=1S/C19H20BrNO2/c20-18-12-16(13-22)11-17-7-9-21(19(17)18)8-4-10-23-14-15-5-2-1-3-6-15/h1-3,5-6,11-13H,4,7-10,14H2. The van der Waals surface area contributed by atoms with E-state index in [-0.39, 0.29) is 0 Å². The molecular formula is C19H20BrNO2. The molecule has 0 N–H and O–H groups in total. The second-order valence-corrected chi connectivity index (χ2v) is 6.61. The normalized spacial score (nSPS) is 13.2. The minimum atomic E-state index is 0.670. The van der Waals surface area contributed by atoms with Gasteiger partial charge in [0.15, 0.2) is 0 Å². The number of rotatable bonds is 7. The van der Waals surface area contributed by atoms with Crippen molar-refractivity contribution in [1.82, 2.24) is 0 Å². The molecule has 1 aliphatic rings. The van der Waals surface area contributed by atoms with Crippen molar-refractivity contribution < 1.29 is 9.53 Å². The molecule has 23 heavy (non-hydrogen) atoms. The molecule has 2 aromatic rings. The highest BCUT2D eigenvalue weighted by Crippen LogP contribution is 2.36. The van der Waals surface area contributed by atoms with Gasteiger partial charge in [0.1, 0.15) is 6.29 Å². The van der Waals surface area contributed by atoms with E-state index in [1.807, 2.05) is 30.3 Å². The highest BCUT2D eigenvalue weighted by molar-refractivity contribution is 9.10. The summed E-state index contributed by atoms with van der Waals surface area (Å²) in [5.74, 6) is 0. The molecule has 1 aliphatic heterocycles. The van der Waals surface area contributed by atoms with Crippen molar-refractivity contribution in [3.8, 4) is 0 Å². The number of benzene rings is 2. The molecule has 0 saturated carbocycles. The quantitative estimate of drug-likeness (QED) is 0.537. The Morgan fingerprint density at radius 1 is 1.22 bits per heavy atom. The van der Waals surface area contributed by atoms with Gasteiger partial charge in [-0.25, -0.2) is 0 Å². The van der Waals surface area contributed by atoms with Gasteiger partial charge in [0.25, 0.3) is 0 Å². The van der Waals surface area contributed by atoms with E-state index in [2.05, 4.69) is 33.0 Å². The van der Waals surface area contributed by atoms with Crippen molar-refractivity contribution in [2.75, 3.05) is 24.6 Å². The number of fused-ring (bicyclic) bond motifs is 1. The Bertz CT molecular complexity index is 673. The van der Waals surface area contributed by atoms with E-state index in [9.17, 15) is 4.79 Å². The third-order valence-electron chi connectivity index (χ3n) is 4.10. The molecule has 3 rings (SSSR count). The number of hydrogen-bond acceptors (Lipinski definition) is 3. The molecule has 0 aromatic heterocycles. The minimum absolute atomic E-state index is 0.670. The van der Waals surface area contributed by atoms with Crippen LogP contribution in [0.3, 0.4) is 0 Å². The van der Waals surface area contributed by atoms with Crippen molar-refractivity contribution in [3.63, 3.8) is 0 Å². The van der Waals surface area contributed by atoms with E-state index in [1.165, 1.54) is 16.8 Å². The van der Waals surface area contributed by atoms with Crippen LogP contribution in [0.2, 0.25) is 0 Å². The summed E-state index contributed by atoms with van der Waals surface area (Å²) in [6, 6.07) is 14.1. The largest absolute Gasteiger partial charge is 0.377 e. The summed E-state index contributed by atoms with van der Waals surface area (Å²) in [5, 5.41) is 0. The van der Waals surface area contributed by atoms with E-state index in [1.54, 1.807) is 0 Å². The molecule has 0 aliphatic carbocycles. The molecule has 0 bridgehead atoms. The zero-order chi connectivity index (χ0) is 16.1. The monoisotopic (exact) mass is 373 g/mol. The number of nitrogens with zero attached hydrogens (tertiary/aromatic N) is 1. The van der Waals surface area contributed by atoms with Crippen LogP contribution in [0, 0.1) is 0 Å². The average Bonchev–Trinajstić information content (AvgIpc) is 2.99. The fourth-order valence-corrected chi connectivity index (χ4v) is 3.77. The van der Waals surface area contributed by atoms with Crippen LogP contribution in [0.15, 0.2) is 46.9 Å². The van der Waals surface area contributed by atoms with Crippen molar-refractivity contribution in [3.05, 3.63) is 63.6 Å². The zero-order valence-corrected chi connectivity index (χ0v) is 14.6. The molecule has 0 amide bonds. The molecule has 0 fully saturated rings. The minimum Gasteiger partial charge on any atom is -0.377 e. The summed E-state index contributed by atoms with van der Waals surface area (Å²) in [5.41, 5.74) is 4.44. The van der Waals surface area contributed by atoms with Crippen LogP contribution in [0.25, 0.3) is 0 Å². The lowest BCUT2D eigenvalue weighted by Crippen LogP contribution is -2.23. The van der Waals surface area contributed by atoms with E-state index in [4.69, 9.17) is 4.74 Å². The first-order valence-electron chi connectivity index (χ1n) is 7.92. The second-order valence-electron chi connectivity index (χ2n) is 5.76. The van der Waals surface area contributed by atoms with Gasteiger partial charge in [0.2, 0.25) is 0 Å². The van der Waals surface area contributed by atoms with Crippen LogP contribution in [-0.4, -0.2) is 26.0 Å². The number of carbonyl (C=O) groups is 1. The van der Waals surface area contributed by atoms with Crippen LogP contribution >= 0.6 is 15.9 Å².